The van der Waals surface area contributed by atoms with Gasteiger partial charge < -0.3 is 35.2 Å². The van der Waals surface area contributed by atoms with Crippen LogP contribution < -0.4 is 16.0 Å². The quantitative estimate of drug-likeness (QED) is 0.192. The number of rotatable bonds is 14. The van der Waals surface area contributed by atoms with Crippen molar-refractivity contribution in [3.63, 3.8) is 0 Å². The van der Waals surface area contributed by atoms with E-state index in [4.69, 9.17) is 9.47 Å². The number of ketones is 1. The van der Waals surface area contributed by atoms with Crippen molar-refractivity contribution < 1.29 is 51.8 Å². The summed E-state index contributed by atoms with van der Waals surface area (Å²) in [6.07, 6.45) is -2.48. The largest absolute Gasteiger partial charge is 0.446 e. The Balaban J connectivity index is 2.21. The van der Waals surface area contributed by atoms with Gasteiger partial charge in [0.1, 0.15) is 24.2 Å². The Morgan fingerprint density at radius 3 is 2.12 bits per heavy atom. The van der Waals surface area contributed by atoms with Crippen LogP contribution in [0, 0.1) is 5.41 Å². The van der Waals surface area contributed by atoms with Crippen LogP contribution in [0.3, 0.4) is 0 Å². The van der Waals surface area contributed by atoms with Crippen molar-refractivity contribution in [1.29, 1.82) is 0 Å². The minimum atomic E-state index is -3.47. The average molecular weight is 724 g/mol. The van der Waals surface area contributed by atoms with Crippen LogP contribution in [0.2, 0.25) is 0 Å². The highest BCUT2D eigenvalue weighted by atomic mass is 19.3. The van der Waals surface area contributed by atoms with E-state index in [0.717, 1.165) is 0 Å². The smallest absolute Gasteiger partial charge is 0.408 e. The van der Waals surface area contributed by atoms with Gasteiger partial charge in [0.15, 0.2) is 0 Å². The summed E-state index contributed by atoms with van der Waals surface area (Å²) in [5.41, 5.74) is -1.53. The molecule has 2 rings (SSSR count). The van der Waals surface area contributed by atoms with Crippen LogP contribution in [-0.4, -0.2) is 108 Å². The molecule has 1 aliphatic rings. The van der Waals surface area contributed by atoms with Gasteiger partial charge in [-0.05, 0) is 32.6 Å². The number of alkyl halides is 2. The maximum Gasteiger partial charge on any atom is 0.408 e. The van der Waals surface area contributed by atoms with Crippen molar-refractivity contribution in [2.45, 2.75) is 110 Å². The Labute approximate surface area is 297 Å². The molecule has 4 atom stereocenters. The topological polar surface area (TPSA) is 181 Å². The summed E-state index contributed by atoms with van der Waals surface area (Å²) in [6, 6.07) is 3.58. The molecular formula is C35H51F2N5O9. The van der Waals surface area contributed by atoms with Crippen molar-refractivity contribution in [2.24, 2.45) is 5.41 Å². The molecule has 5 amide bonds. The van der Waals surface area contributed by atoms with Gasteiger partial charge in [0.25, 0.3) is 17.7 Å². The van der Waals surface area contributed by atoms with Crippen LogP contribution in [0.15, 0.2) is 30.3 Å². The Bertz CT molecular complexity index is 1440. The molecule has 0 spiro atoms. The fourth-order valence-corrected chi connectivity index (χ4v) is 5.16. The molecule has 16 heteroatoms. The summed E-state index contributed by atoms with van der Waals surface area (Å²) in [5.74, 6) is -9.51. The van der Waals surface area contributed by atoms with Gasteiger partial charge in [-0.2, -0.15) is 0 Å². The molecule has 1 unspecified atom stereocenters. The van der Waals surface area contributed by atoms with E-state index >= 15 is 0 Å². The predicted octanol–water partition coefficient (Wildman–Crippen LogP) is 2.90. The monoisotopic (exact) mass is 723 g/mol. The lowest BCUT2D eigenvalue weighted by Crippen LogP contribution is -2.59. The number of likely N-dealkylation sites (N-methyl/N-ethyl adjacent to an activating group) is 1. The number of halogens is 2. The second kappa shape index (κ2) is 17.5. The number of nitrogens with zero attached hydrogens (tertiary/aromatic N) is 2. The summed E-state index contributed by atoms with van der Waals surface area (Å²) in [7, 11) is 2.95. The number of carbonyl (C=O) groups excluding carboxylic acids is 7. The second-order valence-electron chi connectivity index (χ2n) is 14.8. The molecule has 1 heterocycles. The highest BCUT2D eigenvalue weighted by molar-refractivity contribution is 6.38. The summed E-state index contributed by atoms with van der Waals surface area (Å²) < 4.78 is 40.2. The van der Waals surface area contributed by atoms with E-state index in [0.29, 0.717) is 23.3 Å². The number of alkyl carbamates (subject to hydrolysis) is 1. The first-order valence-corrected chi connectivity index (χ1v) is 16.7. The summed E-state index contributed by atoms with van der Waals surface area (Å²) >= 11 is 0. The van der Waals surface area contributed by atoms with E-state index in [9.17, 15) is 42.3 Å². The molecule has 0 radical (unpaired) electrons. The van der Waals surface area contributed by atoms with Crippen LogP contribution >= 0.6 is 0 Å². The molecule has 1 fully saturated rings. The molecule has 1 saturated heterocycles. The normalized spacial score (nSPS) is 17.3. The van der Waals surface area contributed by atoms with Gasteiger partial charge in [-0.25, -0.2) is 13.6 Å². The van der Waals surface area contributed by atoms with E-state index in [1.807, 2.05) is 0 Å². The molecule has 1 aliphatic heterocycles. The lowest BCUT2D eigenvalue weighted by Gasteiger charge is -2.35. The molecular weight excluding hydrogens is 672 g/mol. The third kappa shape index (κ3) is 12.9. The fraction of sp³-hybridized carbons (Fsp3) is 0.629. The van der Waals surface area contributed by atoms with Crippen LogP contribution in [-0.2, 0) is 38.2 Å². The van der Waals surface area contributed by atoms with E-state index in [2.05, 4.69) is 16.0 Å². The van der Waals surface area contributed by atoms with Crippen LogP contribution in [0.4, 0.5) is 13.6 Å². The molecule has 1 aromatic rings. The zero-order valence-electron chi connectivity index (χ0n) is 30.8. The number of unbranched alkanes of at least 4 members (excludes halogenated alkanes) is 1. The van der Waals surface area contributed by atoms with E-state index in [1.54, 1.807) is 78.8 Å². The number of likely N-dealkylation sites (tertiary alicyclic amines) is 1. The lowest BCUT2D eigenvalue weighted by atomic mass is 9.85. The Hall–Kier alpha value is -4.63. The number of carbonyl (C=O) groups is 7. The standard InChI is InChI=1S/C35H51F2N5O9/c1-10-11-17-22(25(44)29(46)38-19-24(43)50-26(30(47)41(8)9)21-15-13-12-14-16-21)39-28(45)23-18-35(36,37)20-42(23)31(48)27(33(2,3)4)40-32(49)51-34(5,6)7/h12-16,22-23,26-27H,10-11,17-20H2,1-9H3,(H,38,46)(H,39,45)(H,40,49)/t22?,23-,26-,27+/m0/s1. The SMILES string of the molecule is CCCCC(NC(=O)[C@@H]1CC(F)(F)CN1C(=O)[C@@H](NC(=O)OC(C)(C)C)C(C)(C)C)C(=O)C(=O)NCC(=O)O[C@H](C(=O)N(C)C)c1ccccc1. The van der Waals surface area contributed by atoms with E-state index < -0.39 is 102 Å². The Kier molecular flexibility index (Phi) is 14.6. The van der Waals surface area contributed by atoms with Gasteiger partial charge in [0.05, 0.1) is 12.6 Å². The fourth-order valence-electron chi connectivity index (χ4n) is 5.16. The number of hydrogen-bond acceptors (Lipinski definition) is 9. The third-order valence-electron chi connectivity index (χ3n) is 7.74. The molecule has 51 heavy (non-hydrogen) atoms. The number of hydrogen-bond donors (Lipinski definition) is 3. The lowest BCUT2D eigenvalue weighted by molar-refractivity contribution is -0.159. The van der Waals surface area contributed by atoms with Crippen LogP contribution in [0.1, 0.15) is 85.8 Å². The first-order valence-electron chi connectivity index (χ1n) is 16.7. The van der Waals surface area contributed by atoms with Crippen molar-refractivity contribution in [2.75, 3.05) is 27.2 Å². The third-order valence-corrected chi connectivity index (χ3v) is 7.74. The summed E-state index contributed by atoms with van der Waals surface area (Å²) in [4.78, 5) is 93.2. The van der Waals surface area contributed by atoms with Gasteiger partial charge in [-0.15, -0.1) is 0 Å². The number of nitrogens with one attached hydrogen (secondary N) is 3. The van der Waals surface area contributed by atoms with Crippen molar-refractivity contribution in [1.82, 2.24) is 25.8 Å². The number of benzene rings is 1. The predicted molar refractivity (Wildman–Crippen MR) is 181 cm³/mol. The minimum Gasteiger partial charge on any atom is -0.446 e. The van der Waals surface area contributed by atoms with E-state index in [1.165, 1.54) is 19.0 Å². The van der Waals surface area contributed by atoms with Gasteiger partial charge in [-0.1, -0.05) is 70.9 Å². The molecule has 14 nitrogen and oxygen atoms in total. The molecule has 0 aromatic heterocycles. The Morgan fingerprint density at radius 1 is 0.980 bits per heavy atom. The maximum absolute atomic E-state index is 14.8. The second-order valence-corrected chi connectivity index (χ2v) is 14.8. The van der Waals surface area contributed by atoms with E-state index in [-0.39, 0.29) is 6.42 Å². The molecule has 0 saturated carbocycles. The number of amides is 5. The van der Waals surface area contributed by atoms with Gasteiger partial charge in [0.2, 0.25) is 23.7 Å². The molecule has 3 N–H and O–H groups in total. The average Bonchev–Trinajstić information content (AvgIpc) is 3.36. The zero-order valence-corrected chi connectivity index (χ0v) is 30.8. The van der Waals surface area contributed by atoms with Crippen molar-refractivity contribution in [3.05, 3.63) is 35.9 Å². The first-order chi connectivity index (χ1) is 23.5. The Morgan fingerprint density at radius 2 is 1.59 bits per heavy atom. The maximum atomic E-state index is 14.8. The summed E-state index contributed by atoms with van der Waals surface area (Å²) in [5, 5.41) is 6.94. The zero-order chi connectivity index (χ0) is 38.9. The highest BCUT2D eigenvalue weighted by Crippen LogP contribution is 2.34. The van der Waals surface area contributed by atoms with Crippen LogP contribution in [0.25, 0.3) is 0 Å². The van der Waals surface area contributed by atoms with Gasteiger partial charge >= 0.3 is 12.1 Å². The van der Waals surface area contributed by atoms with Crippen molar-refractivity contribution >= 4 is 41.5 Å². The number of ether oxygens (including phenoxy) is 2. The molecule has 0 aliphatic carbocycles. The minimum absolute atomic E-state index is 0.0474. The van der Waals surface area contributed by atoms with Crippen LogP contribution in [0.5, 0.6) is 0 Å². The molecule has 1 aromatic carbocycles. The molecule has 284 valence electrons. The molecule has 0 bridgehead atoms. The highest BCUT2D eigenvalue weighted by Gasteiger charge is 2.53. The summed E-state index contributed by atoms with van der Waals surface area (Å²) in [6.45, 7) is 9.52. The first kappa shape index (κ1) is 42.5. The van der Waals surface area contributed by atoms with Gasteiger partial charge in [-0.3, -0.25) is 28.8 Å². The van der Waals surface area contributed by atoms with Gasteiger partial charge in [0, 0.05) is 26.1 Å². The number of Topliss-reactive ketones (excluding diaryl/α,β-unsaturated/α-hetero) is 1. The van der Waals surface area contributed by atoms with Crippen molar-refractivity contribution in [3.8, 4) is 0 Å². The number of esters is 1.